The fraction of sp³-hybridized carbons (Fsp3) is 0.333. The molecule has 0 unspecified atom stereocenters. The number of carbonyl (C=O) groups excluding carboxylic acids is 1. The van der Waals surface area contributed by atoms with Gasteiger partial charge >= 0.3 is 0 Å². The van der Waals surface area contributed by atoms with Gasteiger partial charge < -0.3 is 10.4 Å². The summed E-state index contributed by atoms with van der Waals surface area (Å²) in [4.78, 5) is 16.4. The van der Waals surface area contributed by atoms with Crippen LogP contribution in [-0.2, 0) is 4.79 Å². The summed E-state index contributed by atoms with van der Waals surface area (Å²) in [6, 6.07) is 10.0. The monoisotopic (exact) mass is 296 g/mol. The lowest BCUT2D eigenvalue weighted by Crippen LogP contribution is -2.37. The maximum absolute atomic E-state index is 12.0. The number of pyridine rings is 1. The molecule has 0 bridgehead atoms. The molecule has 1 aliphatic carbocycles. The first-order chi connectivity index (χ1) is 10.7. The molecule has 0 spiro atoms. The molecular formula is C18H20N2O2. The number of aliphatic hydroxyl groups excluding tert-OH is 1. The van der Waals surface area contributed by atoms with E-state index in [1.807, 2.05) is 36.4 Å². The van der Waals surface area contributed by atoms with E-state index in [0.29, 0.717) is 0 Å². The molecular weight excluding hydrogens is 276 g/mol. The van der Waals surface area contributed by atoms with Crippen LogP contribution in [0.5, 0.6) is 0 Å². The third-order valence-corrected chi connectivity index (χ3v) is 4.12. The molecule has 4 nitrogen and oxygen atoms in total. The second kappa shape index (κ2) is 6.71. The Hall–Kier alpha value is -2.20. The first kappa shape index (κ1) is 14.7. The Bertz CT molecular complexity index is 683. The standard InChI is InChI=1S/C18H20N2O2/c21-16-9-7-15(8-10-16)20-17(22)11-6-14-4-1-3-13-5-2-12-19-18(13)14/h1-6,11-12,15-16,21H,7-10H2,(H,20,22)/b11-6+. The molecule has 1 aromatic heterocycles. The maximum atomic E-state index is 12.0. The lowest BCUT2D eigenvalue weighted by molar-refractivity contribution is -0.117. The van der Waals surface area contributed by atoms with Crippen LogP contribution in [0.15, 0.2) is 42.6 Å². The lowest BCUT2D eigenvalue weighted by atomic mass is 9.93. The van der Waals surface area contributed by atoms with Gasteiger partial charge in [0.2, 0.25) is 5.91 Å². The van der Waals surface area contributed by atoms with Crippen LogP contribution < -0.4 is 5.32 Å². The van der Waals surface area contributed by atoms with Gasteiger partial charge in [0, 0.05) is 29.3 Å². The Morgan fingerprint density at radius 3 is 2.77 bits per heavy atom. The quantitative estimate of drug-likeness (QED) is 0.856. The Morgan fingerprint density at radius 2 is 1.95 bits per heavy atom. The van der Waals surface area contributed by atoms with Crippen LogP contribution in [0, 0.1) is 0 Å². The molecule has 0 atom stereocenters. The molecule has 4 heteroatoms. The average molecular weight is 296 g/mol. The summed E-state index contributed by atoms with van der Waals surface area (Å²) in [5, 5.41) is 13.5. The molecule has 1 aliphatic rings. The number of rotatable bonds is 3. The highest BCUT2D eigenvalue weighted by molar-refractivity contribution is 5.95. The minimum Gasteiger partial charge on any atom is -0.393 e. The number of amides is 1. The summed E-state index contributed by atoms with van der Waals surface area (Å²) in [6.07, 6.45) is 8.14. The van der Waals surface area contributed by atoms with Gasteiger partial charge in [-0.25, -0.2) is 0 Å². The van der Waals surface area contributed by atoms with Crippen LogP contribution >= 0.6 is 0 Å². The number of para-hydroxylation sites is 1. The summed E-state index contributed by atoms with van der Waals surface area (Å²) in [5.41, 5.74) is 1.84. The maximum Gasteiger partial charge on any atom is 0.244 e. The van der Waals surface area contributed by atoms with E-state index >= 15 is 0 Å². The van der Waals surface area contributed by atoms with Crippen molar-refractivity contribution in [2.75, 3.05) is 0 Å². The highest BCUT2D eigenvalue weighted by atomic mass is 16.3. The van der Waals surface area contributed by atoms with Gasteiger partial charge in [-0.1, -0.05) is 24.3 Å². The van der Waals surface area contributed by atoms with Crippen molar-refractivity contribution in [3.8, 4) is 0 Å². The summed E-state index contributed by atoms with van der Waals surface area (Å²) < 4.78 is 0. The fourth-order valence-corrected chi connectivity index (χ4v) is 2.90. The number of nitrogens with one attached hydrogen (secondary N) is 1. The van der Waals surface area contributed by atoms with Gasteiger partial charge in [-0.15, -0.1) is 0 Å². The zero-order valence-corrected chi connectivity index (χ0v) is 12.4. The van der Waals surface area contributed by atoms with Gasteiger partial charge in [-0.2, -0.15) is 0 Å². The highest BCUT2D eigenvalue weighted by Crippen LogP contribution is 2.19. The van der Waals surface area contributed by atoms with E-state index in [0.717, 1.165) is 42.1 Å². The summed E-state index contributed by atoms with van der Waals surface area (Å²) in [5.74, 6) is -0.0886. The summed E-state index contributed by atoms with van der Waals surface area (Å²) >= 11 is 0. The van der Waals surface area contributed by atoms with Crippen LogP contribution in [0.4, 0.5) is 0 Å². The van der Waals surface area contributed by atoms with Crippen LogP contribution in [0.3, 0.4) is 0 Å². The van der Waals surface area contributed by atoms with Crippen molar-refractivity contribution in [1.82, 2.24) is 10.3 Å². The Labute approximate surface area is 129 Å². The van der Waals surface area contributed by atoms with Crippen molar-refractivity contribution in [1.29, 1.82) is 0 Å². The molecule has 0 radical (unpaired) electrons. The lowest BCUT2D eigenvalue weighted by Gasteiger charge is -2.25. The number of carbonyl (C=O) groups is 1. The molecule has 1 amide bonds. The van der Waals surface area contributed by atoms with Crippen LogP contribution in [-0.4, -0.2) is 28.1 Å². The van der Waals surface area contributed by atoms with Gasteiger partial charge in [0.15, 0.2) is 0 Å². The Balaban J connectivity index is 1.66. The van der Waals surface area contributed by atoms with E-state index in [9.17, 15) is 9.90 Å². The molecule has 114 valence electrons. The minimum absolute atomic E-state index is 0.0886. The molecule has 2 aromatic rings. The Morgan fingerprint density at radius 1 is 1.18 bits per heavy atom. The van der Waals surface area contributed by atoms with Gasteiger partial charge in [0.1, 0.15) is 0 Å². The molecule has 1 saturated carbocycles. The van der Waals surface area contributed by atoms with E-state index in [1.165, 1.54) is 0 Å². The van der Waals surface area contributed by atoms with Gasteiger partial charge in [0.25, 0.3) is 0 Å². The minimum atomic E-state index is -0.203. The highest BCUT2D eigenvalue weighted by Gasteiger charge is 2.19. The second-order valence-electron chi connectivity index (χ2n) is 5.77. The van der Waals surface area contributed by atoms with Gasteiger partial charge in [-0.3, -0.25) is 9.78 Å². The number of aliphatic hydroxyl groups is 1. The van der Waals surface area contributed by atoms with Crippen molar-refractivity contribution in [2.45, 2.75) is 37.8 Å². The number of nitrogens with zero attached hydrogens (tertiary/aromatic N) is 1. The van der Waals surface area contributed by atoms with Crippen molar-refractivity contribution in [3.05, 3.63) is 48.2 Å². The van der Waals surface area contributed by atoms with Crippen LogP contribution in [0.2, 0.25) is 0 Å². The van der Waals surface area contributed by atoms with E-state index in [-0.39, 0.29) is 18.1 Å². The summed E-state index contributed by atoms with van der Waals surface area (Å²) in [6.45, 7) is 0. The SMILES string of the molecule is O=C(/C=C/c1cccc2cccnc12)NC1CCC(O)CC1. The van der Waals surface area contributed by atoms with E-state index in [1.54, 1.807) is 12.3 Å². The predicted octanol–water partition coefficient (Wildman–Crippen LogP) is 2.67. The smallest absolute Gasteiger partial charge is 0.244 e. The van der Waals surface area contributed by atoms with Crippen molar-refractivity contribution in [3.63, 3.8) is 0 Å². The molecule has 1 aromatic carbocycles. The van der Waals surface area contributed by atoms with Gasteiger partial charge in [-0.05, 0) is 37.8 Å². The number of hydrogen-bond acceptors (Lipinski definition) is 3. The van der Waals surface area contributed by atoms with Crippen molar-refractivity contribution < 1.29 is 9.90 Å². The van der Waals surface area contributed by atoms with Crippen molar-refractivity contribution >= 4 is 22.9 Å². The number of benzene rings is 1. The first-order valence-electron chi connectivity index (χ1n) is 7.73. The summed E-state index contributed by atoms with van der Waals surface area (Å²) in [7, 11) is 0. The van der Waals surface area contributed by atoms with E-state index in [4.69, 9.17) is 0 Å². The largest absolute Gasteiger partial charge is 0.393 e. The zero-order valence-electron chi connectivity index (χ0n) is 12.4. The van der Waals surface area contributed by atoms with Gasteiger partial charge in [0.05, 0.1) is 11.6 Å². The van der Waals surface area contributed by atoms with Crippen LogP contribution in [0.25, 0.3) is 17.0 Å². The van der Waals surface area contributed by atoms with E-state index in [2.05, 4.69) is 10.3 Å². The predicted molar refractivity (Wildman–Crippen MR) is 87.2 cm³/mol. The molecule has 2 N–H and O–H groups in total. The number of fused-ring (bicyclic) bond motifs is 1. The first-order valence-corrected chi connectivity index (χ1v) is 7.73. The number of aromatic nitrogens is 1. The molecule has 1 heterocycles. The fourth-order valence-electron chi connectivity index (χ4n) is 2.90. The molecule has 0 aliphatic heterocycles. The average Bonchev–Trinajstić information content (AvgIpc) is 2.55. The third kappa shape index (κ3) is 3.52. The molecule has 0 saturated heterocycles. The number of hydrogen-bond donors (Lipinski definition) is 2. The molecule has 3 rings (SSSR count). The Kier molecular flexibility index (Phi) is 4.49. The van der Waals surface area contributed by atoms with E-state index < -0.39 is 0 Å². The molecule has 22 heavy (non-hydrogen) atoms. The third-order valence-electron chi connectivity index (χ3n) is 4.12. The second-order valence-corrected chi connectivity index (χ2v) is 5.77. The normalized spacial score (nSPS) is 22.0. The van der Waals surface area contributed by atoms with Crippen LogP contribution in [0.1, 0.15) is 31.2 Å². The van der Waals surface area contributed by atoms with Crippen molar-refractivity contribution in [2.24, 2.45) is 0 Å². The molecule has 1 fully saturated rings. The topological polar surface area (TPSA) is 62.2 Å². The zero-order chi connectivity index (χ0) is 15.4.